The maximum absolute atomic E-state index is 15.0. The fraction of sp³-hybridized carbons (Fsp3) is 0.100. The van der Waals surface area contributed by atoms with Crippen LogP contribution in [0.4, 0.5) is 8.78 Å². The average molecular weight is 516 g/mol. The van der Waals surface area contributed by atoms with Gasteiger partial charge in [0.1, 0.15) is 25.4 Å². The van der Waals surface area contributed by atoms with Crippen molar-refractivity contribution in [3.8, 4) is 0 Å². The van der Waals surface area contributed by atoms with Gasteiger partial charge in [-0.1, -0.05) is 91.0 Å². The zero-order valence-corrected chi connectivity index (χ0v) is 20.1. The molecule has 0 radical (unpaired) electrons. The summed E-state index contributed by atoms with van der Waals surface area (Å²) in [6, 6.07) is 26.2. The van der Waals surface area contributed by atoms with Crippen LogP contribution in [0.1, 0.15) is 47.8 Å². The predicted octanol–water partition coefficient (Wildman–Crippen LogP) is 6.04. The Balaban J connectivity index is 1.67. The molecule has 4 aromatic rings. The summed E-state index contributed by atoms with van der Waals surface area (Å²) in [4.78, 5) is 39.1. The minimum Gasteiger partial charge on any atom is -0.457 e. The van der Waals surface area contributed by atoms with E-state index in [1.54, 1.807) is 91.0 Å². The van der Waals surface area contributed by atoms with Crippen LogP contribution in [0.25, 0.3) is 0 Å². The third-order valence-electron chi connectivity index (χ3n) is 5.49. The van der Waals surface area contributed by atoms with Crippen LogP contribution in [0, 0.1) is 11.6 Å². The van der Waals surface area contributed by atoms with Gasteiger partial charge >= 0.3 is 17.9 Å². The molecule has 0 aliphatic heterocycles. The molecule has 4 rings (SSSR count). The number of hydrogen-bond acceptors (Lipinski definition) is 6. The highest BCUT2D eigenvalue weighted by molar-refractivity contribution is 6.10. The lowest BCUT2D eigenvalue weighted by molar-refractivity contribution is 0.0399. The third kappa shape index (κ3) is 6.47. The van der Waals surface area contributed by atoms with E-state index in [9.17, 15) is 18.8 Å². The van der Waals surface area contributed by atoms with Crippen molar-refractivity contribution < 1.29 is 37.4 Å². The van der Waals surface area contributed by atoms with Gasteiger partial charge in [-0.2, -0.15) is 0 Å². The van der Waals surface area contributed by atoms with Gasteiger partial charge in [0.15, 0.2) is 11.6 Å². The highest BCUT2D eigenvalue weighted by Gasteiger charge is 2.33. The molecule has 0 aliphatic rings. The fourth-order valence-electron chi connectivity index (χ4n) is 3.58. The fourth-order valence-corrected chi connectivity index (χ4v) is 3.58. The first kappa shape index (κ1) is 26.2. The summed E-state index contributed by atoms with van der Waals surface area (Å²) in [5, 5.41) is 0. The molecule has 0 atom stereocenters. The maximum Gasteiger partial charge on any atom is 0.342 e. The van der Waals surface area contributed by atoms with Crippen LogP contribution in [0.3, 0.4) is 0 Å². The molecule has 0 N–H and O–H groups in total. The lowest BCUT2D eigenvalue weighted by Gasteiger charge is -2.15. The molecule has 0 spiro atoms. The summed E-state index contributed by atoms with van der Waals surface area (Å²) < 4.78 is 45.3. The largest absolute Gasteiger partial charge is 0.457 e. The lowest BCUT2D eigenvalue weighted by atomic mass is 9.99. The number of carbonyl (C=O) groups excluding carboxylic acids is 3. The Bertz CT molecular complexity index is 1420. The Labute approximate surface area is 217 Å². The summed E-state index contributed by atoms with van der Waals surface area (Å²) in [7, 11) is 0. The second-order valence-electron chi connectivity index (χ2n) is 8.16. The van der Waals surface area contributed by atoms with Crippen LogP contribution in [0.2, 0.25) is 0 Å². The molecule has 0 saturated carbocycles. The van der Waals surface area contributed by atoms with Crippen molar-refractivity contribution in [1.82, 2.24) is 0 Å². The Morgan fingerprint density at radius 3 is 1.32 bits per heavy atom. The molecule has 8 heteroatoms. The molecule has 0 aromatic heterocycles. The lowest BCUT2D eigenvalue weighted by Crippen LogP contribution is -2.22. The van der Waals surface area contributed by atoms with Crippen molar-refractivity contribution in [1.29, 1.82) is 0 Å². The summed E-state index contributed by atoms with van der Waals surface area (Å²) in [6.07, 6.45) is 0. The minimum absolute atomic E-state index is 0.203. The van der Waals surface area contributed by atoms with Crippen molar-refractivity contribution in [2.75, 3.05) is 0 Å². The smallest absolute Gasteiger partial charge is 0.342 e. The first-order valence-corrected chi connectivity index (χ1v) is 11.6. The van der Waals surface area contributed by atoms with E-state index in [2.05, 4.69) is 0 Å². The van der Waals surface area contributed by atoms with Crippen molar-refractivity contribution in [2.45, 2.75) is 19.8 Å². The summed E-state index contributed by atoms with van der Waals surface area (Å²) in [5.41, 5.74) is -0.691. The molecule has 0 amide bonds. The zero-order chi connectivity index (χ0) is 26.9. The van der Waals surface area contributed by atoms with Crippen LogP contribution in [-0.2, 0) is 34.0 Å². The molecule has 0 heterocycles. The second-order valence-corrected chi connectivity index (χ2v) is 8.16. The zero-order valence-electron chi connectivity index (χ0n) is 20.1. The molecule has 192 valence electrons. The number of hydrogen-bond donors (Lipinski definition) is 0. The van der Waals surface area contributed by atoms with E-state index in [1.807, 2.05) is 0 Å². The van der Waals surface area contributed by atoms with E-state index in [0.29, 0.717) is 22.8 Å². The number of rotatable bonds is 9. The molecule has 0 unspecified atom stereocenters. The monoisotopic (exact) mass is 516 g/mol. The molecular formula is C30H22F2O6. The number of benzene rings is 4. The first-order valence-electron chi connectivity index (χ1n) is 11.6. The second kappa shape index (κ2) is 12.4. The van der Waals surface area contributed by atoms with Crippen molar-refractivity contribution in [3.63, 3.8) is 0 Å². The van der Waals surface area contributed by atoms with Gasteiger partial charge in [0.05, 0.1) is 11.1 Å². The average Bonchev–Trinajstić information content (AvgIpc) is 2.96. The Morgan fingerprint density at radius 2 is 0.895 bits per heavy atom. The highest BCUT2D eigenvalue weighted by atomic mass is 19.2. The summed E-state index contributed by atoms with van der Waals surface area (Å²) >= 11 is 0. The molecule has 0 bridgehead atoms. The first-order chi connectivity index (χ1) is 18.4. The van der Waals surface area contributed by atoms with Gasteiger partial charge in [0.25, 0.3) is 0 Å². The number of ether oxygens (including phenoxy) is 3. The van der Waals surface area contributed by atoms with E-state index in [-0.39, 0.29) is 19.8 Å². The van der Waals surface area contributed by atoms with Crippen molar-refractivity contribution in [3.05, 3.63) is 142 Å². The third-order valence-corrected chi connectivity index (χ3v) is 5.49. The number of halogens is 2. The van der Waals surface area contributed by atoms with E-state index in [4.69, 9.17) is 14.2 Å². The Hall–Kier alpha value is -4.85. The Kier molecular flexibility index (Phi) is 8.56. The van der Waals surface area contributed by atoms with Gasteiger partial charge in [-0.25, -0.2) is 23.2 Å². The van der Waals surface area contributed by atoms with Crippen molar-refractivity contribution in [2.24, 2.45) is 0 Å². The van der Waals surface area contributed by atoms with Gasteiger partial charge in [-0.15, -0.1) is 0 Å². The van der Waals surface area contributed by atoms with Gasteiger partial charge in [-0.05, 0) is 22.8 Å². The standard InChI is InChI=1S/C30H22F2O6/c31-24-16-23(28(33)36-17-20-10-4-1-5-11-20)25(29(34)37-18-21-12-6-2-7-13-21)26(27(24)32)30(35)38-19-22-14-8-3-9-15-22/h1-16H,17-19H2. The highest BCUT2D eigenvalue weighted by Crippen LogP contribution is 2.26. The van der Waals surface area contributed by atoms with E-state index < -0.39 is 46.2 Å². The van der Waals surface area contributed by atoms with Crippen LogP contribution in [0.5, 0.6) is 0 Å². The SMILES string of the molecule is O=C(OCc1ccccc1)c1cc(F)c(F)c(C(=O)OCc2ccccc2)c1C(=O)OCc1ccccc1. The van der Waals surface area contributed by atoms with Gasteiger partial charge in [-0.3, -0.25) is 0 Å². The summed E-state index contributed by atoms with van der Waals surface area (Å²) in [5.74, 6) is -6.87. The number of carbonyl (C=O) groups is 3. The minimum atomic E-state index is -1.64. The van der Waals surface area contributed by atoms with E-state index in [0.717, 1.165) is 0 Å². The van der Waals surface area contributed by atoms with Crippen LogP contribution in [0.15, 0.2) is 97.1 Å². The van der Waals surface area contributed by atoms with Crippen LogP contribution < -0.4 is 0 Å². The normalized spacial score (nSPS) is 10.5. The van der Waals surface area contributed by atoms with Crippen LogP contribution >= 0.6 is 0 Å². The molecule has 6 nitrogen and oxygen atoms in total. The van der Waals surface area contributed by atoms with Gasteiger partial charge in [0, 0.05) is 0 Å². The molecular weight excluding hydrogens is 494 g/mol. The number of esters is 3. The quantitative estimate of drug-likeness (QED) is 0.200. The van der Waals surface area contributed by atoms with Crippen LogP contribution in [-0.4, -0.2) is 17.9 Å². The molecule has 0 aliphatic carbocycles. The Morgan fingerprint density at radius 1 is 0.526 bits per heavy atom. The summed E-state index contributed by atoms with van der Waals surface area (Å²) in [6.45, 7) is -0.720. The molecule has 0 fully saturated rings. The van der Waals surface area contributed by atoms with E-state index >= 15 is 4.39 Å². The molecule has 38 heavy (non-hydrogen) atoms. The topological polar surface area (TPSA) is 78.9 Å². The van der Waals surface area contributed by atoms with Crippen molar-refractivity contribution >= 4 is 17.9 Å². The molecule has 4 aromatic carbocycles. The van der Waals surface area contributed by atoms with Gasteiger partial charge in [0.2, 0.25) is 0 Å². The maximum atomic E-state index is 15.0. The van der Waals surface area contributed by atoms with Gasteiger partial charge < -0.3 is 14.2 Å². The van der Waals surface area contributed by atoms with E-state index in [1.165, 1.54) is 0 Å². The predicted molar refractivity (Wildman–Crippen MR) is 133 cm³/mol. The molecule has 0 saturated heterocycles.